The number of hydrogen-bond donors (Lipinski definition) is 4. The standard InChI is InChI=1S/C75H134O16/c1-4-7-10-13-16-19-22-25-28-31-34-37-40-43-46-49-52-55-58-61-67(78)86-89-70(81)64-75(85,74(84)91-88-69(80)63-60-57-54-51-48-45-42-39-36-33-30-27-24-21-18-15-12-9-6-3)71(72(82)66(77)65-76)73(83)90-87-68(79)62-59-56-53-50-47-44-41-38-35-32-29-26-23-20-17-14-11-8-5-2/h25-30,66,71-72,76-77,82,85H,4-24,31-65H2,1-3H3/b28-25-,29-26-,30-27-. The summed E-state index contributed by atoms with van der Waals surface area (Å²) in [4.78, 5) is 107. The van der Waals surface area contributed by atoms with Gasteiger partial charge in [-0.1, -0.05) is 288 Å². The lowest BCUT2D eigenvalue weighted by Gasteiger charge is -2.34. The van der Waals surface area contributed by atoms with Crippen LogP contribution < -0.4 is 0 Å². The van der Waals surface area contributed by atoms with Crippen LogP contribution in [0.15, 0.2) is 36.5 Å². The molecular weight excluding hydrogens is 1160 g/mol. The first-order valence-electron chi connectivity index (χ1n) is 37.2. The van der Waals surface area contributed by atoms with Gasteiger partial charge in [0.25, 0.3) is 0 Å². The fraction of sp³-hybridized carbons (Fsp3) is 0.840. The van der Waals surface area contributed by atoms with E-state index in [0.717, 1.165) is 116 Å². The van der Waals surface area contributed by atoms with E-state index < -0.39 is 72.6 Å². The Hall–Kier alpha value is -4.12. The Morgan fingerprint density at radius 2 is 0.549 bits per heavy atom. The van der Waals surface area contributed by atoms with Crippen molar-refractivity contribution in [1.82, 2.24) is 0 Å². The Bertz CT molecular complexity index is 1820. The van der Waals surface area contributed by atoms with Gasteiger partial charge in [-0.25, -0.2) is 58.1 Å². The summed E-state index contributed by atoms with van der Waals surface area (Å²) < 4.78 is 0. The van der Waals surface area contributed by atoms with Gasteiger partial charge < -0.3 is 20.4 Å². The predicted octanol–water partition coefficient (Wildman–Crippen LogP) is 19.2. The number of allylic oxidation sites excluding steroid dienone is 6. The van der Waals surface area contributed by atoms with Gasteiger partial charge in [-0.05, 0) is 96.3 Å². The number of carbonyl (C=O) groups is 6. The molecule has 0 aromatic rings. The Labute approximate surface area is 552 Å². The molecule has 0 heterocycles. The number of rotatable bonds is 65. The van der Waals surface area contributed by atoms with Crippen molar-refractivity contribution in [3.63, 3.8) is 0 Å². The minimum absolute atomic E-state index is 0.126. The molecule has 0 saturated carbocycles. The summed E-state index contributed by atoms with van der Waals surface area (Å²) in [6, 6.07) is 0. The van der Waals surface area contributed by atoms with Crippen LogP contribution in [0.25, 0.3) is 0 Å². The lowest BCUT2D eigenvalue weighted by molar-refractivity contribution is -0.289. The lowest BCUT2D eigenvalue weighted by atomic mass is 9.79. The van der Waals surface area contributed by atoms with Crippen LogP contribution in [0.5, 0.6) is 0 Å². The molecule has 16 heteroatoms. The molecule has 4 N–H and O–H groups in total. The number of carbonyl (C=O) groups excluding carboxylic acids is 6. The second-order valence-electron chi connectivity index (χ2n) is 25.7. The topological polar surface area (TPSA) is 239 Å². The molecule has 16 nitrogen and oxygen atoms in total. The van der Waals surface area contributed by atoms with Crippen molar-refractivity contribution in [3.05, 3.63) is 36.5 Å². The van der Waals surface area contributed by atoms with Crippen LogP contribution in [0.4, 0.5) is 0 Å². The Morgan fingerprint density at radius 1 is 0.319 bits per heavy atom. The third kappa shape index (κ3) is 54.9. The maximum Gasteiger partial charge on any atom is 0.388 e. The van der Waals surface area contributed by atoms with Gasteiger partial charge >= 0.3 is 35.8 Å². The average Bonchev–Trinajstić information content (AvgIpc) is 0.878. The molecule has 0 amide bonds. The average molecular weight is 1290 g/mol. The first-order chi connectivity index (χ1) is 44.4. The summed E-state index contributed by atoms with van der Waals surface area (Å²) in [6.07, 6.45) is 63.4. The van der Waals surface area contributed by atoms with Crippen LogP contribution in [0.1, 0.15) is 374 Å². The highest BCUT2D eigenvalue weighted by Gasteiger charge is 2.58. The zero-order chi connectivity index (χ0) is 66.8. The highest BCUT2D eigenvalue weighted by atomic mass is 17.2. The molecule has 0 aromatic heterocycles. The number of aliphatic hydroxyl groups excluding tert-OH is 3. The highest BCUT2D eigenvalue weighted by molar-refractivity contribution is 5.92. The van der Waals surface area contributed by atoms with Crippen molar-refractivity contribution in [2.45, 2.75) is 392 Å². The summed E-state index contributed by atoms with van der Waals surface area (Å²) in [5.41, 5.74) is -3.61. The third-order valence-electron chi connectivity index (χ3n) is 17.0. The van der Waals surface area contributed by atoms with Gasteiger partial charge in [0, 0.05) is 0 Å². The van der Waals surface area contributed by atoms with Gasteiger partial charge in [0.2, 0.25) is 0 Å². The van der Waals surface area contributed by atoms with E-state index in [9.17, 15) is 49.2 Å². The number of hydrogen-bond acceptors (Lipinski definition) is 16. The first kappa shape index (κ1) is 86.9. The Kier molecular flexibility index (Phi) is 62.9. The monoisotopic (exact) mass is 1290 g/mol. The normalized spacial score (nSPS) is 13.4. The van der Waals surface area contributed by atoms with E-state index in [1.165, 1.54) is 173 Å². The molecule has 4 unspecified atom stereocenters. The van der Waals surface area contributed by atoms with Crippen molar-refractivity contribution in [3.8, 4) is 0 Å². The second-order valence-corrected chi connectivity index (χ2v) is 25.7. The van der Waals surface area contributed by atoms with E-state index in [0.29, 0.717) is 38.5 Å². The molecule has 4 atom stereocenters. The van der Waals surface area contributed by atoms with Crippen LogP contribution in [-0.2, 0) is 58.1 Å². The van der Waals surface area contributed by atoms with Crippen molar-refractivity contribution < 1.29 is 78.5 Å². The van der Waals surface area contributed by atoms with Gasteiger partial charge in [-0.15, -0.1) is 0 Å². The summed E-state index contributed by atoms with van der Waals surface area (Å²) in [6.45, 7) is 5.49. The molecule has 530 valence electrons. The van der Waals surface area contributed by atoms with Crippen LogP contribution >= 0.6 is 0 Å². The maximum absolute atomic E-state index is 13.7. The van der Waals surface area contributed by atoms with Crippen LogP contribution in [0.2, 0.25) is 0 Å². The van der Waals surface area contributed by atoms with E-state index in [4.69, 9.17) is 9.78 Å². The van der Waals surface area contributed by atoms with Gasteiger partial charge in [-0.2, -0.15) is 0 Å². The summed E-state index contributed by atoms with van der Waals surface area (Å²) in [7, 11) is 0. The Morgan fingerprint density at radius 3 is 0.824 bits per heavy atom. The molecule has 91 heavy (non-hydrogen) atoms. The molecule has 0 bridgehead atoms. The Balaban J connectivity index is 5.24. The summed E-state index contributed by atoms with van der Waals surface area (Å²) >= 11 is 0. The predicted molar refractivity (Wildman–Crippen MR) is 362 cm³/mol. The van der Waals surface area contributed by atoms with Crippen molar-refractivity contribution in [2.75, 3.05) is 6.61 Å². The lowest BCUT2D eigenvalue weighted by Crippen LogP contribution is -2.59. The molecular formula is C75H134O16. The van der Waals surface area contributed by atoms with Gasteiger partial charge in [0.05, 0.1) is 38.4 Å². The maximum atomic E-state index is 13.7. The smallest absolute Gasteiger partial charge is 0.388 e. The number of aliphatic hydroxyl groups is 4. The molecule has 0 spiro atoms. The van der Waals surface area contributed by atoms with E-state index in [-0.39, 0.29) is 19.3 Å². The molecule has 0 aliphatic rings. The van der Waals surface area contributed by atoms with Crippen LogP contribution in [0, 0.1) is 5.92 Å². The van der Waals surface area contributed by atoms with Crippen LogP contribution in [-0.4, -0.2) is 80.7 Å². The van der Waals surface area contributed by atoms with Crippen LogP contribution in [0.3, 0.4) is 0 Å². The quantitative estimate of drug-likeness (QED) is 0.0192. The minimum atomic E-state index is -3.61. The van der Waals surface area contributed by atoms with E-state index in [1.807, 2.05) is 0 Å². The van der Waals surface area contributed by atoms with E-state index >= 15 is 0 Å². The SMILES string of the molecule is CCCCCCCC/C=C\CCCCCCCCCCCC(=O)OOC(=O)CC(O)(C(=O)OOC(=O)CCCCCCCCCCC/C=C\CCCCCCCC)C(C(=O)OOC(=O)CCCCCCCCCCC/C=C\CCCCCCCC)C(O)C(O)CO. The molecule has 0 aromatic carbocycles. The third-order valence-corrected chi connectivity index (χ3v) is 17.0. The molecule has 0 aliphatic carbocycles. The zero-order valence-electron chi connectivity index (χ0n) is 58.0. The molecule has 0 radical (unpaired) electrons. The van der Waals surface area contributed by atoms with E-state index in [2.05, 4.69) is 76.8 Å². The minimum Gasteiger partial charge on any atom is -0.394 e. The highest BCUT2D eigenvalue weighted by Crippen LogP contribution is 2.31. The van der Waals surface area contributed by atoms with E-state index in [1.54, 1.807) is 0 Å². The first-order valence-corrected chi connectivity index (χ1v) is 37.2. The molecule has 0 saturated heterocycles. The van der Waals surface area contributed by atoms with Crippen molar-refractivity contribution in [1.29, 1.82) is 0 Å². The largest absolute Gasteiger partial charge is 0.394 e. The van der Waals surface area contributed by atoms with Crippen molar-refractivity contribution >= 4 is 35.8 Å². The fourth-order valence-corrected chi connectivity index (χ4v) is 11.2. The molecule has 0 aliphatic heterocycles. The van der Waals surface area contributed by atoms with Gasteiger partial charge in [0.1, 0.15) is 12.0 Å². The summed E-state index contributed by atoms with van der Waals surface area (Å²) in [5, 5.41) is 43.3. The van der Waals surface area contributed by atoms with Gasteiger partial charge in [0.15, 0.2) is 5.60 Å². The second kappa shape index (κ2) is 65.9. The zero-order valence-corrected chi connectivity index (χ0v) is 58.0. The molecule has 0 fully saturated rings. The summed E-state index contributed by atoms with van der Waals surface area (Å²) in [5.74, 6) is -11.2. The molecule has 0 rings (SSSR count). The van der Waals surface area contributed by atoms with Crippen molar-refractivity contribution in [2.24, 2.45) is 5.92 Å². The fourth-order valence-electron chi connectivity index (χ4n) is 11.2. The number of unbranched alkanes of at least 4 members (excludes halogenated alkanes) is 45. The van der Waals surface area contributed by atoms with Gasteiger partial charge in [-0.3, -0.25) is 0 Å².